The highest BCUT2D eigenvalue weighted by molar-refractivity contribution is 7.80. The van der Waals surface area contributed by atoms with Crippen LogP contribution in [0.2, 0.25) is 0 Å². The minimum absolute atomic E-state index is 0.0661. The van der Waals surface area contributed by atoms with Crippen molar-refractivity contribution in [3.8, 4) is 11.4 Å². The number of aliphatic hydroxyl groups is 2. The van der Waals surface area contributed by atoms with Gasteiger partial charge < -0.3 is 19.5 Å². The molecule has 3 aromatic rings. The monoisotopic (exact) mass is 470 g/mol. The van der Waals surface area contributed by atoms with Crippen LogP contribution in [-0.2, 0) is 29.9 Å². The van der Waals surface area contributed by atoms with Gasteiger partial charge in [0.1, 0.15) is 11.4 Å². The van der Waals surface area contributed by atoms with Crippen molar-refractivity contribution in [3.63, 3.8) is 0 Å². The molecule has 2 atom stereocenters. The maximum Gasteiger partial charge on any atom is 0.257 e. The molecule has 2 N–H and O–H groups in total. The van der Waals surface area contributed by atoms with Crippen LogP contribution in [0.25, 0.3) is 22.3 Å². The summed E-state index contributed by atoms with van der Waals surface area (Å²) in [6, 6.07) is 5.20. The van der Waals surface area contributed by atoms with E-state index in [9.17, 15) is 19.4 Å². The number of aromatic nitrogens is 2. The smallest absolute Gasteiger partial charge is 0.257 e. The SMILES string of the molecule is CC[C@]1(O)c2cc3n(c(=O)c2COC1O)Cc1cc2c(CCCCS)c(C)c(F)cc2nc1-3. The van der Waals surface area contributed by atoms with E-state index in [1.54, 1.807) is 24.5 Å². The quantitative estimate of drug-likeness (QED) is 0.307. The summed E-state index contributed by atoms with van der Waals surface area (Å²) in [6.07, 6.45) is 1.35. The third-order valence-corrected chi connectivity index (χ3v) is 7.45. The average molecular weight is 471 g/mol. The number of hydrogen-bond donors (Lipinski definition) is 3. The van der Waals surface area contributed by atoms with E-state index in [1.165, 1.54) is 6.07 Å². The fraction of sp³-hybridized carbons (Fsp3) is 0.440. The predicted molar refractivity (Wildman–Crippen MR) is 127 cm³/mol. The maximum absolute atomic E-state index is 14.8. The van der Waals surface area contributed by atoms with Crippen molar-refractivity contribution in [1.29, 1.82) is 0 Å². The van der Waals surface area contributed by atoms with Crippen molar-refractivity contribution < 1.29 is 19.3 Å². The van der Waals surface area contributed by atoms with Crippen molar-refractivity contribution in [2.45, 2.75) is 64.6 Å². The summed E-state index contributed by atoms with van der Waals surface area (Å²) in [6.45, 7) is 3.80. The topological polar surface area (TPSA) is 84.6 Å². The van der Waals surface area contributed by atoms with E-state index in [-0.39, 0.29) is 24.4 Å². The molecule has 0 amide bonds. The van der Waals surface area contributed by atoms with Gasteiger partial charge >= 0.3 is 0 Å². The van der Waals surface area contributed by atoms with Crippen LogP contribution >= 0.6 is 12.6 Å². The predicted octanol–water partition coefficient (Wildman–Crippen LogP) is 3.57. The van der Waals surface area contributed by atoms with Crippen molar-refractivity contribution >= 4 is 23.5 Å². The molecule has 2 aliphatic heterocycles. The van der Waals surface area contributed by atoms with Gasteiger partial charge in [-0.1, -0.05) is 6.92 Å². The number of aryl methyl sites for hydroxylation is 1. The number of halogens is 1. The Morgan fingerprint density at radius 2 is 2.12 bits per heavy atom. The number of ether oxygens (including phenoxy) is 1. The molecule has 8 heteroatoms. The van der Waals surface area contributed by atoms with Crippen molar-refractivity contribution in [2.75, 3.05) is 5.75 Å². The molecule has 0 spiro atoms. The molecule has 33 heavy (non-hydrogen) atoms. The normalized spacial score (nSPS) is 21.2. The maximum atomic E-state index is 14.8. The van der Waals surface area contributed by atoms with Crippen molar-refractivity contribution in [1.82, 2.24) is 9.55 Å². The Morgan fingerprint density at radius 3 is 2.85 bits per heavy atom. The van der Waals surface area contributed by atoms with Gasteiger partial charge in [-0.25, -0.2) is 9.37 Å². The molecule has 5 rings (SSSR count). The molecule has 0 radical (unpaired) electrons. The number of hydrogen-bond acceptors (Lipinski definition) is 6. The van der Waals surface area contributed by atoms with E-state index in [1.807, 2.05) is 6.07 Å². The van der Waals surface area contributed by atoms with Crippen LogP contribution in [0.1, 0.15) is 54.0 Å². The fourth-order valence-electron chi connectivity index (χ4n) is 5.11. The molecule has 174 valence electrons. The summed E-state index contributed by atoms with van der Waals surface area (Å²) in [5.74, 6) is 0.489. The number of thiol groups is 1. The third kappa shape index (κ3) is 3.34. The van der Waals surface area contributed by atoms with Crippen LogP contribution in [0.4, 0.5) is 4.39 Å². The summed E-state index contributed by atoms with van der Waals surface area (Å²) in [4.78, 5) is 18.1. The molecule has 1 unspecified atom stereocenters. The number of aliphatic hydroxyl groups excluding tert-OH is 1. The lowest BCUT2D eigenvalue weighted by Crippen LogP contribution is -2.47. The Bertz CT molecular complexity index is 1340. The Balaban J connectivity index is 1.70. The standard InChI is InChI=1S/C25H27FN2O4S/c1-3-25(31)18-9-21-22-14(11-28(21)23(29)17(18)12-32-24(25)30)8-16-15(6-4-5-7-33)13(2)19(26)10-20(16)27-22/h8-10,24,30-31,33H,3-7,11-12H2,1-2H3/t24?,25-/m0/s1. The Kier molecular flexibility index (Phi) is 5.60. The van der Waals surface area contributed by atoms with Crippen LogP contribution in [-0.4, -0.2) is 31.8 Å². The van der Waals surface area contributed by atoms with E-state index in [2.05, 4.69) is 12.6 Å². The summed E-state index contributed by atoms with van der Waals surface area (Å²) in [7, 11) is 0. The molecule has 0 saturated heterocycles. The van der Waals surface area contributed by atoms with Gasteiger partial charge in [-0.2, -0.15) is 12.6 Å². The minimum atomic E-state index is -1.68. The lowest BCUT2D eigenvalue weighted by molar-refractivity contribution is -0.236. The number of pyridine rings is 2. The second-order valence-corrected chi connectivity index (χ2v) is 9.41. The van der Waals surface area contributed by atoms with Crippen LogP contribution in [0.3, 0.4) is 0 Å². The first-order valence-electron chi connectivity index (χ1n) is 11.3. The van der Waals surface area contributed by atoms with Crippen molar-refractivity contribution in [3.05, 3.63) is 62.2 Å². The lowest BCUT2D eigenvalue weighted by atomic mass is 9.85. The zero-order valence-corrected chi connectivity index (χ0v) is 19.6. The van der Waals surface area contributed by atoms with Gasteiger partial charge in [0.25, 0.3) is 5.56 Å². The van der Waals surface area contributed by atoms with Crippen LogP contribution < -0.4 is 5.56 Å². The Morgan fingerprint density at radius 1 is 1.33 bits per heavy atom. The Hall–Kier alpha value is -2.26. The third-order valence-electron chi connectivity index (χ3n) is 7.14. The summed E-state index contributed by atoms with van der Waals surface area (Å²) >= 11 is 4.28. The molecule has 2 aliphatic rings. The van der Waals surface area contributed by atoms with Gasteiger partial charge in [-0.3, -0.25) is 4.79 Å². The number of nitrogens with zero attached hydrogens (tertiary/aromatic N) is 2. The average Bonchev–Trinajstić information content (AvgIpc) is 3.16. The first kappa shape index (κ1) is 22.5. The molecule has 0 fully saturated rings. The van der Waals surface area contributed by atoms with E-state index < -0.39 is 11.9 Å². The highest BCUT2D eigenvalue weighted by atomic mass is 32.1. The van der Waals surface area contributed by atoms with E-state index in [0.29, 0.717) is 40.1 Å². The Labute approximate surface area is 196 Å². The van der Waals surface area contributed by atoms with E-state index >= 15 is 0 Å². The summed E-state index contributed by atoms with van der Waals surface area (Å²) in [5, 5.41) is 22.3. The molecule has 0 bridgehead atoms. The summed E-state index contributed by atoms with van der Waals surface area (Å²) < 4.78 is 21.7. The largest absolute Gasteiger partial charge is 0.380 e. The highest BCUT2D eigenvalue weighted by Crippen LogP contribution is 2.40. The molecule has 2 aromatic heterocycles. The zero-order chi connectivity index (χ0) is 23.5. The van der Waals surface area contributed by atoms with Gasteiger partial charge in [0.2, 0.25) is 0 Å². The zero-order valence-electron chi connectivity index (χ0n) is 18.7. The number of unbranched alkanes of at least 4 members (excludes halogenated alkanes) is 1. The van der Waals surface area contributed by atoms with Crippen LogP contribution in [0.15, 0.2) is 23.0 Å². The van der Waals surface area contributed by atoms with Gasteiger partial charge in [0, 0.05) is 28.1 Å². The molecule has 0 aliphatic carbocycles. The number of rotatable bonds is 5. The first-order valence-corrected chi connectivity index (χ1v) is 12.0. The van der Waals surface area contributed by atoms with Gasteiger partial charge in [-0.15, -0.1) is 0 Å². The highest BCUT2D eigenvalue weighted by Gasteiger charge is 2.44. The van der Waals surface area contributed by atoms with Crippen LogP contribution in [0, 0.1) is 12.7 Å². The fourth-order valence-corrected chi connectivity index (χ4v) is 5.33. The molecule has 4 heterocycles. The van der Waals surface area contributed by atoms with Gasteiger partial charge in [0.05, 0.1) is 30.1 Å². The molecular formula is C25H27FN2O4S. The van der Waals surface area contributed by atoms with E-state index in [0.717, 1.165) is 41.5 Å². The molecule has 0 saturated carbocycles. The second-order valence-electron chi connectivity index (χ2n) is 8.96. The lowest BCUT2D eigenvalue weighted by Gasteiger charge is -2.37. The van der Waals surface area contributed by atoms with Gasteiger partial charge in [-0.05, 0) is 61.6 Å². The van der Waals surface area contributed by atoms with E-state index in [4.69, 9.17) is 9.72 Å². The van der Waals surface area contributed by atoms with Crippen molar-refractivity contribution in [2.24, 2.45) is 0 Å². The van der Waals surface area contributed by atoms with Gasteiger partial charge in [0.15, 0.2) is 6.29 Å². The minimum Gasteiger partial charge on any atom is -0.380 e. The summed E-state index contributed by atoms with van der Waals surface area (Å²) in [5.41, 5.74) is 2.95. The first-order chi connectivity index (χ1) is 15.8. The number of benzene rings is 1. The molecule has 1 aromatic carbocycles. The molecular weight excluding hydrogens is 443 g/mol. The van der Waals surface area contributed by atoms with Crippen LogP contribution in [0.5, 0.6) is 0 Å². The molecule has 6 nitrogen and oxygen atoms in total. The number of fused-ring (bicyclic) bond motifs is 5. The second kappa shape index (κ2) is 8.20.